The number of carbonyl (C=O) groups is 1. The summed E-state index contributed by atoms with van der Waals surface area (Å²) in [5, 5.41) is 23.5. The van der Waals surface area contributed by atoms with E-state index in [-0.39, 0.29) is 11.9 Å². The average molecular weight is 454 g/mol. The molecule has 0 radical (unpaired) electrons. The van der Waals surface area contributed by atoms with Crippen molar-refractivity contribution in [1.29, 1.82) is 0 Å². The lowest BCUT2D eigenvalue weighted by atomic mass is 10.2. The molecule has 1 unspecified atom stereocenters. The summed E-state index contributed by atoms with van der Waals surface area (Å²) < 4.78 is 48.7. The van der Waals surface area contributed by atoms with Crippen LogP contribution in [0.5, 0.6) is 0 Å². The summed E-state index contributed by atoms with van der Waals surface area (Å²) in [7, 11) is 1.90. The summed E-state index contributed by atoms with van der Waals surface area (Å²) in [6.45, 7) is 2.65. The fraction of sp³-hybridized carbons (Fsp3) is 0.400. The van der Waals surface area contributed by atoms with Crippen LogP contribution in [-0.4, -0.2) is 49.1 Å². The summed E-state index contributed by atoms with van der Waals surface area (Å²) in [6, 6.07) is 6.65. The molecule has 0 amide bonds. The Hall–Kier alpha value is -3.28. The molecule has 0 fully saturated rings. The van der Waals surface area contributed by atoms with Crippen molar-refractivity contribution in [2.45, 2.75) is 44.9 Å². The van der Waals surface area contributed by atoms with Crippen LogP contribution in [0, 0.1) is 5.82 Å². The van der Waals surface area contributed by atoms with Crippen molar-refractivity contribution in [3.63, 3.8) is 0 Å². The molecule has 1 aliphatic carbocycles. The first-order valence-corrected chi connectivity index (χ1v) is 9.83. The summed E-state index contributed by atoms with van der Waals surface area (Å²) in [5.74, 6) is -2.99. The Morgan fingerprint density at radius 2 is 1.91 bits per heavy atom. The van der Waals surface area contributed by atoms with E-state index in [2.05, 4.69) is 22.6 Å². The van der Waals surface area contributed by atoms with E-state index in [9.17, 15) is 17.6 Å². The van der Waals surface area contributed by atoms with Gasteiger partial charge in [-0.15, -0.1) is 5.10 Å². The minimum absolute atomic E-state index is 0.163. The molecule has 0 saturated carbocycles. The summed E-state index contributed by atoms with van der Waals surface area (Å²) in [4.78, 5) is 8.90. The molecule has 12 heteroatoms. The summed E-state index contributed by atoms with van der Waals surface area (Å²) in [5.41, 5.74) is 5.35. The third-order valence-electron chi connectivity index (χ3n) is 5.07. The first-order chi connectivity index (χ1) is 15.1. The SMILES string of the molecule is CNC(C)c1cn(Cc2nn(-c3ccc(F)cc3)c3c2CCC3)nn1.O=C(O)C(F)(F)F. The number of aliphatic carboxylic acids is 1. The number of hydrogen-bond donors (Lipinski definition) is 2. The van der Waals surface area contributed by atoms with Crippen molar-refractivity contribution >= 4 is 5.97 Å². The molecule has 0 spiro atoms. The first kappa shape index (κ1) is 23.4. The summed E-state index contributed by atoms with van der Waals surface area (Å²) in [6.07, 6.45) is 0.0274. The van der Waals surface area contributed by atoms with E-state index >= 15 is 0 Å². The maximum Gasteiger partial charge on any atom is 0.490 e. The van der Waals surface area contributed by atoms with E-state index < -0.39 is 12.1 Å². The number of benzene rings is 1. The number of hydrogen-bond acceptors (Lipinski definition) is 5. The van der Waals surface area contributed by atoms with Gasteiger partial charge in [0.2, 0.25) is 0 Å². The van der Waals surface area contributed by atoms with E-state index in [4.69, 9.17) is 15.0 Å². The molecule has 1 atom stereocenters. The number of alkyl halides is 3. The minimum Gasteiger partial charge on any atom is -0.475 e. The van der Waals surface area contributed by atoms with Gasteiger partial charge in [-0.05, 0) is 63.1 Å². The van der Waals surface area contributed by atoms with Gasteiger partial charge in [-0.25, -0.2) is 18.5 Å². The van der Waals surface area contributed by atoms with E-state index in [0.29, 0.717) is 6.54 Å². The highest BCUT2D eigenvalue weighted by molar-refractivity contribution is 5.73. The van der Waals surface area contributed by atoms with E-state index in [1.807, 2.05) is 22.6 Å². The Bertz CT molecular complexity index is 1070. The molecule has 172 valence electrons. The quantitative estimate of drug-likeness (QED) is 0.575. The van der Waals surface area contributed by atoms with Gasteiger partial charge in [-0.2, -0.15) is 18.3 Å². The fourth-order valence-corrected chi connectivity index (χ4v) is 3.33. The Morgan fingerprint density at radius 1 is 1.25 bits per heavy atom. The number of carboxylic acids is 1. The Balaban J connectivity index is 0.000000360. The van der Waals surface area contributed by atoms with Gasteiger partial charge < -0.3 is 10.4 Å². The van der Waals surface area contributed by atoms with Gasteiger partial charge in [0.1, 0.15) is 5.82 Å². The lowest BCUT2D eigenvalue weighted by Gasteiger charge is -2.05. The largest absolute Gasteiger partial charge is 0.490 e. The van der Waals surface area contributed by atoms with Crippen LogP contribution in [0.4, 0.5) is 17.6 Å². The van der Waals surface area contributed by atoms with E-state index in [0.717, 1.165) is 36.3 Å². The van der Waals surface area contributed by atoms with Crippen LogP contribution in [0.2, 0.25) is 0 Å². The molecule has 1 aromatic carbocycles. The third-order valence-corrected chi connectivity index (χ3v) is 5.07. The van der Waals surface area contributed by atoms with Crippen LogP contribution in [0.25, 0.3) is 5.69 Å². The Morgan fingerprint density at radius 3 is 2.50 bits per heavy atom. The minimum atomic E-state index is -5.08. The second kappa shape index (κ2) is 9.47. The number of nitrogens with zero attached hydrogens (tertiary/aromatic N) is 5. The average Bonchev–Trinajstić information content (AvgIpc) is 3.46. The van der Waals surface area contributed by atoms with Gasteiger partial charge in [0.05, 0.1) is 29.8 Å². The van der Waals surface area contributed by atoms with Gasteiger partial charge in [0.15, 0.2) is 0 Å². The molecule has 32 heavy (non-hydrogen) atoms. The van der Waals surface area contributed by atoms with Crippen LogP contribution in [0.1, 0.15) is 42.0 Å². The third kappa shape index (κ3) is 5.31. The molecule has 8 nitrogen and oxygen atoms in total. The fourth-order valence-electron chi connectivity index (χ4n) is 3.33. The second-order valence-corrected chi connectivity index (χ2v) is 7.27. The van der Waals surface area contributed by atoms with Crippen molar-refractivity contribution in [2.75, 3.05) is 7.05 Å². The number of halogens is 4. The van der Waals surface area contributed by atoms with Crippen molar-refractivity contribution < 1.29 is 27.5 Å². The molecular weight excluding hydrogens is 432 g/mol. The molecular formula is C20H22F4N6O2. The van der Waals surface area contributed by atoms with Gasteiger partial charge in [-0.3, -0.25) is 0 Å². The highest BCUT2D eigenvalue weighted by Crippen LogP contribution is 2.28. The zero-order valence-electron chi connectivity index (χ0n) is 17.4. The predicted molar refractivity (Wildman–Crippen MR) is 106 cm³/mol. The number of fused-ring (bicyclic) bond motifs is 1. The zero-order valence-corrected chi connectivity index (χ0v) is 17.4. The van der Waals surface area contributed by atoms with Crippen LogP contribution in [0.15, 0.2) is 30.5 Å². The van der Waals surface area contributed by atoms with Gasteiger partial charge in [-0.1, -0.05) is 5.21 Å². The van der Waals surface area contributed by atoms with Gasteiger partial charge in [0.25, 0.3) is 0 Å². The van der Waals surface area contributed by atoms with Crippen molar-refractivity contribution in [3.8, 4) is 5.69 Å². The monoisotopic (exact) mass is 454 g/mol. The molecule has 4 rings (SSSR count). The van der Waals surface area contributed by atoms with Crippen LogP contribution < -0.4 is 5.32 Å². The van der Waals surface area contributed by atoms with Gasteiger partial charge >= 0.3 is 12.1 Å². The van der Waals surface area contributed by atoms with Crippen molar-refractivity contribution in [3.05, 3.63) is 58.9 Å². The highest BCUT2D eigenvalue weighted by atomic mass is 19.4. The molecule has 2 aromatic heterocycles. The number of aromatic nitrogens is 5. The maximum absolute atomic E-state index is 13.2. The van der Waals surface area contributed by atoms with Gasteiger partial charge in [0, 0.05) is 11.7 Å². The predicted octanol–water partition coefficient (Wildman–Crippen LogP) is 3.05. The maximum atomic E-state index is 13.2. The van der Waals surface area contributed by atoms with E-state index in [1.54, 1.807) is 12.1 Å². The molecule has 1 aliphatic rings. The lowest BCUT2D eigenvalue weighted by Crippen LogP contribution is -2.21. The summed E-state index contributed by atoms with van der Waals surface area (Å²) >= 11 is 0. The second-order valence-electron chi connectivity index (χ2n) is 7.27. The van der Waals surface area contributed by atoms with E-state index in [1.165, 1.54) is 23.4 Å². The zero-order chi connectivity index (χ0) is 23.5. The molecule has 0 bridgehead atoms. The van der Waals surface area contributed by atoms with Crippen molar-refractivity contribution in [1.82, 2.24) is 30.1 Å². The first-order valence-electron chi connectivity index (χ1n) is 9.83. The number of rotatable bonds is 5. The number of nitrogens with one attached hydrogen (secondary N) is 1. The normalized spacial score (nSPS) is 13.9. The van der Waals surface area contributed by atoms with Crippen LogP contribution in [-0.2, 0) is 24.2 Å². The molecule has 3 aromatic rings. The number of carboxylic acid groups (broad SMARTS) is 1. The molecule has 0 aliphatic heterocycles. The lowest BCUT2D eigenvalue weighted by molar-refractivity contribution is -0.192. The molecule has 0 saturated heterocycles. The van der Waals surface area contributed by atoms with Crippen LogP contribution in [0.3, 0.4) is 0 Å². The topological polar surface area (TPSA) is 97.9 Å². The Labute approximate surface area is 180 Å². The van der Waals surface area contributed by atoms with Crippen molar-refractivity contribution in [2.24, 2.45) is 0 Å². The standard InChI is InChI=1S/C18H21FN6.C2HF3O2/c1-12(20-2)16-10-24(23-21-16)11-17-15-4-3-5-18(15)25(22-17)14-8-6-13(19)7-9-14;3-2(4,5)1(6)7/h6-10,12,20H,3-5,11H2,1-2H3;(H,6,7). The molecule has 2 heterocycles. The smallest absolute Gasteiger partial charge is 0.475 e. The molecule has 2 N–H and O–H groups in total. The van der Waals surface area contributed by atoms with Crippen LogP contribution >= 0.6 is 0 Å². The Kier molecular flexibility index (Phi) is 6.92. The highest BCUT2D eigenvalue weighted by Gasteiger charge is 2.38.